The maximum absolute atomic E-state index is 12.3. The van der Waals surface area contributed by atoms with Crippen molar-refractivity contribution >= 4 is 5.91 Å². The first-order chi connectivity index (χ1) is 7.84. The molecule has 0 radical (unpaired) electrons. The molecule has 0 aromatic carbocycles. The van der Waals surface area contributed by atoms with Crippen LogP contribution in [0.5, 0.6) is 0 Å². The Morgan fingerprint density at radius 2 is 1.94 bits per heavy atom. The third-order valence-corrected chi connectivity index (χ3v) is 3.82. The third kappa shape index (κ3) is 3.42. The quantitative estimate of drug-likeness (QED) is 0.807. The minimum absolute atomic E-state index is 0.0110. The van der Waals surface area contributed by atoms with Gasteiger partial charge in [0.1, 0.15) is 0 Å². The van der Waals surface area contributed by atoms with E-state index in [1.54, 1.807) is 4.90 Å². The zero-order chi connectivity index (χ0) is 13.2. The molecule has 1 aliphatic rings. The van der Waals surface area contributed by atoms with E-state index in [0.29, 0.717) is 0 Å². The van der Waals surface area contributed by atoms with Crippen LogP contribution in [-0.2, 0) is 9.53 Å². The van der Waals surface area contributed by atoms with Crippen LogP contribution in [0.15, 0.2) is 0 Å². The Kier molecular flexibility index (Phi) is 4.95. The topological polar surface area (TPSA) is 55.6 Å². The van der Waals surface area contributed by atoms with Gasteiger partial charge in [0.2, 0.25) is 5.91 Å². The predicted octanol–water partition coefficient (Wildman–Crippen LogP) is 1.24. The largest absolute Gasteiger partial charge is 0.374 e. The summed E-state index contributed by atoms with van der Waals surface area (Å²) in [6, 6.07) is 0.138. The molecule has 0 saturated carbocycles. The summed E-state index contributed by atoms with van der Waals surface area (Å²) in [5, 5.41) is 0. The van der Waals surface area contributed by atoms with Gasteiger partial charge in [0, 0.05) is 19.6 Å². The van der Waals surface area contributed by atoms with Crippen molar-refractivity contribution in [3.8, 4) is 0 Å². The molecule has 0 aliphatic carbocycles. The van der Waals surface area contributed by atoms with Gasteiger partial charge in [-0.2, -0.15) is 0 Å². The number of nitrogens with zero attached hydrogens (tertiary/aromatic N) is 1. The molecule has 1 aliphatic heterocycles. The van der Waals surface area contributed by atoms with Crippen LogP contribution in [0.3, 0.4) is 0 Å². The molecule has 0 aromatic rings. The Bertz CT molecular complexity index is 268. The van der Waals surface area contributed by atoms with E-state index < -0.39 is 0 Å². The average Bonchev–Trinajstić information content (AvgIpc) is 2.49. The highest BCUT2D eigenvalue weighted by atomic mass is 16.5. The van der Waals surface area contributed by atoms with E-state index in [0.717, 1.165) is 13.0 Å². The zero-order valence-corrected chi connectivity index (χ0v) is 11.6. The fourth-order valence-corrected chi connectivity index (χ4v) is 2.45. The summed E-state index contributed by atoms with van der Waals surface area (Å²) in [6.45, 7) is 8.81. The van der Waals surface area contributed by atoms with Crippen molar-refractivity contribution in [2.45, 2.75) is 52.4 Å². The first-order valence-electron chi connectivity index (χ1n) is 6.50. The van der Waals surface area contributed by atoms with Crippen molar-refractivity contribution in [3.63, 3.8) is 0 Å². The minimum Gasteiger partial charge on any atom is -0.374 e. The summed E-state index contributed by atoms with van der Waals surface area (Å²) in [5.74, 6) is 0.466. The molecule has 17 heavy (non-hydrogen) atoms. The summed E-state index contributed by atoms with van der Waals surface area (Å²) in [4.78, 5) is 14.1. The van der Waals surface area contributed by atoms with Gasteiger partial charge >= 0.3 is 0 Å². The second-order valence-corrected chi connectivity index (χ2v) is 5.46. The van der Waals surface area contributed by atoms with Gasteiger partial charge < -0.3 is 15.4 Å². The molecule has 0 spiro atoms. The molecule has 5 atom stereocenters. The van der Waals surface area contributed by atoms with Crippen molar-refractivity contribution < 1.29 is 9.53 Å². The van der Waals surface area contributed by atoms with E-state index in [1.165, 1.54) is 0 Å². The number of amides is 1. The lowest BCUT2D eigenvalue weighted by Gasteiger charge is -2.25. The molecule has 4 nitrogen and oxygen atoms in total. The van der Waals surface area contributed by atoms with Crippen molar-refractivity contribution in [1.29, 1.82) is 0 Å². The van der Waals surface area contributed by atoms with Crippen LogP contribution in [-0.4, -0.2) is 42.6 Å². The standard InChI is InChI=1S/C13H26N2O2/c1-8(14)6-7-15(5)13(16)12-9(2)10(3)17-11(12)4/h8-12H,6-7,14H2,1-5H3. The molecular weight excluding hydrogens is 216 g/mol. The van der Waals surface area contributed by atoms with E-state index in [4.69, 9.17) is 10.5 Å². The minimum atomic E-state index is -0.0110. The average molecular weight is 242 g/mol. The molecule has 1 amide bonds. The van der Waals surface area contributed by atoms with Gasteiger partial charge in [-0.15, -0.1) is 0 Å². The van der Waals surface area contributed by atoms with E-state index in [9.17, 15) is 4.79 Å². The lowest BCUT2D eigenvalue weighted by atomic mass is 9.88. The van der Waals surface area contributed by atoms with Crippen molar-refractivity contribution in [2.24, 2.45) is 17.6 Å². The summed E-state index contributed by atoms with van der Waals surface area (Å²) >= 11 is 0. The van der Waals surface area contributed by atoms with Crippen molar-refractivity contribution in [1.82, 2.24) is 4.90 Å². The number of carbonyl (C=O) groups excluding carboxylic acids is 1. The van der Waals surface area contributed by atoms with E-state index >= 15 is 0 Å². The van der Waals surface area contributed by atoms with E-state index in [-0.39, 0.29) is 36.0 Å². The predicted molar refractivity (Wildman–Crippen MR) is 68.6 cm³/mol. The van der Waals surface area contributed by atoms with Crippen LogP contribution < -0.4 is 5.73 Å². The fourth-order valence-electron chi connectivity index (χ4n) is 2.45. The van der Waals surface area contributed by atoms with Crippen molar-refractivity contribution in [3.05, 3.63) is 0 Å². The zero-order valence-electron chi connectivity index (χ0n) is 11.6. The first-order valence-corrected chi connectivity index (χ1v) is 6.50. The molecule has 0 bridgehead atoms. The van der Waals surface area contributed by atoms with Gasteiger partial charge in [-0.3, -0.25) is 4.79 Å². The highest BCUT2D eigenvalue weighted by Crippen LogP contribution is 2.33. The van der Waals surface area contributed by atoms with Crippen LogP contribution in [0.4, 0.5) is 0 Å². The second-order valence-electron chi connectivity index (χ2n) is 5.46. The molecule has 4 heteroatoms. The van der Waals surface area contributed by atoms with Crippen LogP contribution in [0.2, 0.25) is 0 Å². The molecule has 1 rings (SSSR count). The summed E-state index contributed by atoms with van der Waals surface area (Å²) in [6.07, 6.45) is 1.03. The highest BCUT2D eigenvalue weighted by Gasteiger charge is 2.42. The fraction of sp³-hybridized carbons (Fsp3) is 0.923. The molecule has 1 heterocycles. The van der Waals surface area contributed by atoms with Crippen LogP contribution >= 0.6 is 0 Å². The number of hydrogen-bond donors (Lipinski definition) is 1. The Labute approximate surface area is 104 Å². The lowest BCUT2D eigenvalue weighted by Crippen LogP contribution is -2.40. The maximum Gasteiger partial charge on any atom is 0.228 e. The normalized spacial score (nSPS) is 34.7. The van der Waals surface area contributed by atoms with Crippen molar-refractivity contribution in [2.75, 3.05) is 13.6 Å². The Morgan fingerprint density at radius 1 is 1.35 bits per heavy atom. The molecule has 0 aromatic heterocycles. The Hall–Kier alpha value is -0.610. The highest BCUT2D eigenvalue weighted by molar-refractivity contribution is 5.79. The van der Waals surface area contributed by atoms with Crippen LogP contribution in [0, 0.1) is 11.8 Å². The number of ether oxygens (including phenoxy) is 1. The first kappa shape index (κ1) is 14.5. The number of hydrogen-bond acceptors (Lipinski definition) is 3. The molecular formula is C13H26N2O2. The molecule has 2 N–H and O–H groups in total. The van der Waals surface area contributed by atoms with Crippen LogP contribution in [0.1, 0.15) is 34.1 Å². The smallest absolute Gasteiger partial charge is 0.228 e. The summed E-state index contributed by atoms with van der Waals surface area (Å²) in [7, 11) is 1.85. The van der Waals surface area contributed by atoms with E-state index in [1.807, 2.05) is 27.8 Å². The number of rotatable bonds is 4. The molecule has 100 valence electrons. The van der Waals surface area contributed by atoms with E-state index in [2.05, 4.69) is 6.92 Å². The van der Waals surface area contributed by atoms with Gasteiger partial charge in [0.05, 0.1) is 18.1 Å². The van der Waals surface area contributed by atoms with Crippen LogP contribution in [0.25, 0.3) is 0 Å². The Morgan fingerprint density at radius 3 is 2.35 bits per heavy atom. The lowest BCUT2D eigenvalue weighted by molar-refractivity contribution is -0.136. The molecule has 1 saturated heterocycles. The van der Waals surface area contributed by atoms with Gasteiger partial charge in [-0.1, -0.05) is 6.92 Å². The Balaban J connectivity index is 2.57. The van der Waals surface area contributed by atoms with Gasteiger partial charge in [0.25, 0.3) is 0 Å². The van der Waals surface area contributed by atoms with Gasteiger partial charge in [-0.05, 0) is 33.1 Å². The third-order valence-electron chi connectivity index (χ3n) is 3.82. The summed E-state index contributed by atoms with van der Waals surface area (Å²) < 4.78 is 5.71. The van der Waals surface area contributed by atoms with Gasteiger partial charge in [-0.25, -0.2) is 0 Å². The second kappa shape index (κ2) is 5.83. The SMILES string of the molecule is CC(N)CCN(C)C(=O)C1C(C)OC(C)C1C. The molecule has 5 unspecified atom stereocenters. The monoisotopic (exact) mass is 242 g/mol. The number of nitrogens with two attached hydrogens (primary N) is 1. The molecule has 1 fully saturated rings. The maximum atomic E-state index is 12.3. The summed E-state index contributed by atoms with van der Waals surface area (Å²) in [5.41, 5.74) is 5.71. The number of carbonyl (C=O) groups is 1. The van der Waals surface area contributed by atoms with Gasteiger partial charge in [0.15, 0.2) is 0 Å².